The van der Waals surface area contributed by atoms with Gasteiger partial charge in [0.1, 0.15) is 5.75 Å². The van der Waals surface area contributed by atoms with Gasteiger partial charge in [-0.1, -0.05) is 12.1 Å². The van der Waals surface area contributed by atoms with Crippen molar-refractivity contribution in [3.63, 3.8) is 0 Å². The van der Waals surface area contributed by atoms with Crippen molar-refractivity contribution in [1.82, 2.24) is 15.5 Å². The first kappa shape index (κ1) is 20.3. The van der Waals surface area contributed by atoms with Gasteiger partial charge in [0.15, 0.2) is 5.96 Å². The Kier molecular flexibility index (Phi) is 7.67. The van der Waals surface area contributed by atoms with Crippen molar-refractivity contribution < 1.29 is 9.47 Å². The fourth-order valence-electron chi connectivity index (χ4n) is 3.63. The van der Waals surface area contributed by atoms with Crippen molar-refractivity contribution in [2.45, 2.75) is 25.4 Å². The summed E-state index contributed by atoms with van der Waals surface area (Å²) in [5.41, 5.74) is 1.39. The number of nitrogens with zero attached hydrogens (tertiary/aromatic N) is 2. The Morgan fingerprint density at radius 3 is 2.67 bits per heavy atom. The number of methoxy groups -OCH3 is 1. The number of aliphatic imine (C=N–C) groups is 1. The summed E-state index contributed by atoms with van der Waals surface area (Å²) < 4.78 is 10.8. The molecular weight excluding hydrogens is 360 g/mol. The molecule has 2 aliphatic rings. The van der Waals surface area contributed by atoms with Crippen molar-refractivity contribution >= 4 is 17.7 Å². The van der Waals surface area contributed by atoms with Crippen LogP contribution in [0.2, 0.25) is 0 Å². The average Bonchev–Trinajstić information content (AvgIpc) is 3.21. The van der Waals surface area contributed by atoms with Crippen molar-refractivity contribution in [3.8, 4) is 5.75 Å². The van der Waals surface area contributed by atoms with Crippen molar-refractivity contribution in [3.05, 3.63) is 29.8 Å². The number of guanidine groups is 1. The summed E-state index contributed by atoms with van der Waals surface area (Å²) in [6.07, 6.45) is 1.22. The van der Waals surface area contributed by atoms with Crippen LogP contribution in [-0.4, -0.2) is 74.4 Å². The Balaban J connectivity index is 1.61. The molecule has 2 heterocycles. The summed E-state index contributed by atoms with van der Waals surface area (Å²) in [5.74, 6) is 4.17. The van der Waals surface area contributed by atoms with E-state index in [9.17, 15) is 0 Å². The van der Waals surface area contributed by atoms with Gasteiger partial charge < -0.3 is 20.1 Å². The fourth-order valence-corrected chi connectivity index (χ4v) is 5.10. The van der Waals surface area contributed by atoms with E-state index < -0.39 is 0 Å². The maximum absolute atomic E-state index is 5.56. The summed E-state index contributed by atoms with van der Waals surface area (Å²) in [5, 5.41) is 7.00. The minimum atomic E-state index is 0.213. The predicted octanol–water partition coefficient (Wildman–Crippen LogP) is 1.96. The molecule has 150 valence electrons. The van der Waals surface area contributed by atoms with E-state index in [2.05, 4.69) is 46.4 Å². The van der Waals surface area contributed by atoms with Crippen LogP contribution < -0.4 is 15.4 Å². The Labute approximate surface area is 167 Å². The Hall–Kier alpha value is -1.44. The number of morpholine rings is 1. The number of rotatable bonds is 7. The number of hydrogen-bond acceptors (Lipinski definition) is 5. The third-order valence-electron chi connectivity index (χ3n) is 5.27. The lowest BCUT2D eigenvalue weighted by atomic mass is 9.95. The monoisotopic (exact) mass is 392 g/mol. The van der Waals surface area contributed by atoms with Gasteiger partial charge in [-0.15, -0.1) is 0 Å². The highest BCUT2D eigenvalue weighted by molar-refractivity contribution is 7.99. The van der Waals surface area contributed by atoms with Gasteiger partial charge in [-0.2, -0.15) is 11.8 Å². The van der Waals surface area contributed by atoms with Gasteiger partial charge in [0.25, 0.3) is 0 Å². The molecule has 2 N–H and O–H groups in total. The quantitative estimate of drug-likeness (QED) is 0.546. The first-order chi connectivity index (χ1) is 13.3. The van der Waals surface area contributed by atoms with Crippen LogP contribution in [0.25, 0.3) is 0 Å². The van der Waals surface area contributed by atoms with Crippen LogP contribution in [-0.2, 0) is 11.3 Å². The number of nitrogens with one attached hydrogen (secondary N) is 2. The lowest BCUT2D eigenvalue weighted by Gasteiger charge is -2.43. The molecule has 2 fully saturated rings. The zero-order valence-electron chi connectivity index (χ0n) is 16.5. The second-order valence-corrected chi connectivity index (χ2v) is 8.13. The number of benzene rings is 1. The van der Waals surface area contributed by atoms with Gasteiger partial charge >= 0.3 is 0 Å². The van der Waals surface area contributed by atoms with Gasteiger partial charge in [-0.3, -0.25) is 4.90 Å². The highest BCUT2D eigenvalue weighted by Gasteiger charge is 2.40. The Morgan fingerprint density at radius 1 is 1.26 bits per heavy atom. The number of ether oxygens (including phenoxy) is 2. The first-order valence-corrected chi connectivity index (χ1v) is 11.0. The molecule has 0 spiro atoms. The molecule has 0 aromatic heterocycles. The van der Waals surface area contributed by atoms with Gasteiger partial charge in [0.2, 0.25) is 0 Å². The van der Waals surface area contributed by atoms with Gasteiger partial charge in [-0.25, -0.2) is 4.99 Å². The van der Waals surface area contributed by atoms with Crippen molar-refractivity contribution in [2.24, 2.45) is 4.99 Å². The van der Waals surface area contributed by atoms with Crippen molar-refractivity contribution in [1.29, 1.82) is 0 Å². The topological polar surface area (TPSA) is 58.1 Å². The Morgan fingerprint density at radius 2 is 2.04 bits per heavy atom. The summed E-state index contributed by atoms with van der Waals surface area (Å²) >= 11 is 2.06. The summed E-state index contributed by atoms with van der Waals surface area (Å²) in [6, 6.07) is 8.09. The molecule has 0 aliphatic carbocycles. The van der Waals surface area contributed by atoms with E-state index in [1.807, 2.05) is 12.1 Å². The van der Waals surface area contributed by atoms with Crippen LogP contribution in [0.5, 0.6) is 5.75 Å². The van der Waals surface area contributed by atoms with Crippen LogP contribution >= 0.6 is 11.8 Å². The maximum atomic E-state index is 5.56. The normalized spacial score (nSPS) is 24.0. The lowest BCUT2D eigenvalue weighted by molar-refractivity contribution is -0.0120. The van der Waals surface area contributed by atoms with E-state index in [1.165, 1.54) is 23.5 Å². The standard InChI is InChI=1S/C20H32N4O2S/c1-3-21-19(22-14-17-4-6-18(25-2)7-5-17)23-15-20(8-13-27-16-20)24-9-11-26-12-10-24/h4-7H,3,8-16H2,1-2H3,(H2,21,22,23). The minimum Gasteiger partial charge on any atom is -0.497 e. The zero-order chi connectivity index (χ0) is 19.0. The van der Waals surface area contributed by atoms with E-state index in [-0.39, 0.29) is 5.54 Å². The first-order valence-electron chi connectivity index (χ1n) is 9.81. The van der Waals surface area contributed by atoms with Crippen LogP contribution in [0.4, 0.5) is 0 Å². The number of thioether (sulfide) groups is 1. The number of hydrogen-bond donors (Lipinski definition) is 2. The highest BCUT2D eigenvalue weighted by Crippen LogP contribution is 2.33. The van der Waals surface area contributed by atoms with Gasteiger partial charge in [0.05, 0.1) is 26.9 Å². The van der Waals surface area contributed by atoms with E-state index in [4.69, 9.17) is 14.5 Å². The molecule has 2 saturated heterocycles. The third kappa shape index (κ3) is 5.53. The largest absolute Gasteiger partial charge is 0.497 e. The molecule has 1 atom stereocenters. The molecular formula is C20H32N4O2S. The van der Waals surface area contributed by atoms with Crippen molar-refractivity contribution in [2.75, 3.05) is 58.0 Å². The highest BCUT2D eigenvalue weighted by atomic mass is 32.2. The van der Waals surface area contributed by atoms with E-state index in [1.54, 1.807) is 7.11 Å². The fraction of sp³-hybridized carbons (Fsp3) is 0.650. The maximum Gasteiger partial charge on any atom is 0.191 e. The second kappa shape index (κ2) is 10.2. The molecule has 0 radical (unpaired) electrons. The molecule has 1 aromatic rings. The SMILES string of the molecule is CCNC(=NCc1ccc(OC)cc1)NCC1(N2CCOCC2)CCSC1. The molecule has 0 saturated carbocycles. The molecule has 1 aromatic carbocycles. The summed E-state index contributed by atoms with van der Waals surface area (Å²) in [4.78, 5) is 7.40. The van der Waals surface area contributed by atoms with Crippen LogP contribution in [0.15, 0.2) is 29.3 Å². The molecule has 1 unspecified atom stereocenters. The molecule has 2 aliphatic heterocycles. The molecule has 27 heavy (non-hydrogen) atoms. The van der Waals surface area contributed by atoms with Gasteiger partial charge in [-0.05, 0) is 36.8 Å². The van der Waals surface area contributed by atoms with Gasteiger partial charge in [0, 0.05) is 37.5 Å². The molecule has 0 bridgehead atoms. The predicted molar refractivity (Wildman–Crippen MR) is 113 cm³/mol. The Bertz CT molecular complexity index is 597. The average molecular weight is 393 g/mol. The summed E-state index contributed by atoms with van der Waals surface area (Å²) in [7, 11) is 1.69. The second-order valence-electron chi connectivity index (χ2n) is 7.02. The molecule has 3 rings (SSSR count). The van der Waals surface area contributed by atoms with Crippen LogP contribution in [0.1, 0.15) is 18.9 Å². The third-order valence-corrected chi connectivity index (χ3v) is 6.51. The lowest BCUT2D eigenvalue weighted by Crippen LogP contribution is -2.60. The zero-order valence-corrected chi connectivity index (χ0v) is 17.3. The molecule has 6 nitrogen and oxygen atoms in total. The van der Waals surface area contributed by atoms with Crippen LogP contribution in [0, 0.1) is 0 Å². The van der Waals surface area contributed by atoms with E-state index in [0.29, 0.717) is 6.54 Å². The van der Waals surface area contributed by atoms with Crippen LogP contribution in [0.3, 0.4) is 0 Å². The summed E-state index contributed by atoms with van der Waals surface area (Å²) in [6.45, 7) is 8.29. The molecule has 0 amide bonds. The van der Waals surface area contributed by atoms with E-state index >= 15 is 0 Å². The van der Waals surface area contributed by atoms with E-state index in [0.717, 1.165) is 51.1 Å². The molecule has 7 heteroatoms. The minimum absolute atomic E-state index is 0.213. The smallest absolute Gasteiger partial charge is 0.191 e.